The number of fused-ring (bicyclic) bond motifs is 3. The summed E-state index contributed by atoms with van der Waals surface area (Å²) >= 11 is 0. The predicted molar refractivity (Wildman–Crippen MR) is 112 cm³/mol. The fourth-order valence-corrected chi connectivity index (χ4v) is 5.03. The van der Waals surface area contributed by atoms with Crippen molar-refractivity contribution in [3.63, 3.8) is 0 Å². The van der Waals surface area contributed by atoms with Crippen LogP contribution in [0, 0.1) is 5.92 Å². The molecule has 156 valence electrons. The van der Waals surface area contributed by atoms with E-state index in [9.17, 15) is 4.79 Å². The van der Waals surface area contributed by atoms with Crippen LogP contribution in [0.2, 0.25) is 0 Å². The second-order valence-corrected chi connectivity index (χ2v) is 8.18. The number of nitrogens with zero attached hydrogens (tertiary/aromatic N) is 1. The highest BCUT2D eigenvalue weighted by Crippen LogP contribution is 2.36. The molecule has 1 N–H and O–H groups in total. The summed E-state index contributed by atoms with van der Waals surface area (Å²) in [6.45, 7) is 6.71. The quantitative estimate of drug-likeness (QED) is 0.779. The summed E-state index contributed by atoms with van der Waals surface area (Å²) in [5, 5.41) is 3.67. The molecule has 2 atom stereocenters. The van der Waals surface area contributed by atoms with Crippen molar-refractivity contribution in [1.82, 2.24) is 10.2 Å². The summed E-state index contributed by atoms with van der Waals surface area (Å²) in [6, 6.07) is 5.48. The van der Waals surface area contributed by atoms with Crippen LogP contribution in [0.3, 0.4) is 0 Å². The zero-order valence-electron chi connectivity index (χ0n) is 17.0. The van der Waals surface area contributed by atoms with Crippen molar-refractivity contribution < 1.29 is 14.3 Å². The van der Waals surface area contributed by atoms with E-state index >= 15 is 0 Å². The van der Waals surface area contributed by atoms with Crippen molar-refractivity contribution in [2.45, 2.75) is 71.0 Å². The Hall–Kier alpha value is -1.46. The van der Waals surface area contributed by atoms with Gasteiger partial charge >= 0.3 is 0 Å². The minimum Gasteiger partial charge on any atom is -0.490 e. The highest BCUT2D eigenvalue weighted by Gasteiger charge is 2.35. The maximum atomic E-state index is 12.9. The van der Waals surface area contributed by atoms with Gasteiger partial charge in [-0.15, -0.1) is 12.4 Å². The van der Waals surface area contributed by atoms with Gasteiger partial charge in [0, 0.05) is 31.6 Å². The molecule has 0 spiro atoms. The molecule has 28 heavy (non-hydrogen) atoms. The smallest absolute Gasteiger partial charge is 0.223 e. The van der Waals surface area contributed by atoms with Gasteiger partial charge in [-0.25, -0.2) is 0 Å². The summed E-state index contributed by atoms with van der Waals surface area (Å²) in [6.07, 6.45) is 6.51. The van der Waals surface area contributed by atoms with Crippen LogP contribution >= 0.6 is 12.4 Å². The number of benzene rings is 1. The van der Waals surface area contributed by atoms with E-state index in [4.69, 9.17) is 9.47 Å². The van der Waals surface area contributed by atoms with Crippen molar-refractivity contribution in [2.75, 3.05) is 19.8 Å². The fraction of sp³-hybridized carbons (Fsp3) is 0.682. The van der Waals surface area contributed by atoms with Gasteiger partial charge in [-0.2, -0.15) is 0 Å². The van der Waals surface area contributed by atoms with E-state index in [-0.39, 0.29) is 12.4 Å². The summed E-state index contributed by atoms with van der Waals surface area (Å²) in [5.74, 6) is 2.49. The van der Waals surface area contributed by atoms with Crippen LogP contribution in [0.5, 0.6) is 11.5 Å². The zero-order valence-corrected chi connectivity index (χ0v) is 17.9. The van der Waals surface area contributed by atoms with Crippen molar-refractivity contribution in [2.24, 2.45) is 5.92 Å². The van der Waals surface area contributed by atoms with Gasteiger partial charge in [-0.3, -0.25) is 4.79 Å². The molecule has 2 unspecified atom stereocenters. The van der Waals surface area contributed by atoms with E-state index in [1.807, 2.05) is 18.7 Å². The third-order valence-electron chi connectivity index (χ3n) is 6.26. The highest BCUT2D eigenvalue weighted by atomic mass is 35.5. The molecule has 1 aromatic rings. The van der Waals surface area contributed by atoms with Gasteiger partial charge in [-0.05, 0) is 75.1 Å². The van der Waals surface area contributed by atoms with Crippen molar-refractivity contribution in [1.29, 1.82) is 0 Å². The number of halogens is 1. The molecular formula is C22H33ClN2O3. The standard InChI is InChI=1S/C22H32N2O3.ClH/c1-3-26-20-12-16-7-8-24(14-17(16)13-21(20)27-4-2)22(25)11-15-9-18-5-6-19(10-15)23-18;/h12-13,15,18-19,23H,3-11,14H2,1-2H3;1H. The number of rotatable bonds is 6. The summed E-state index contributed by atoms with van der Waals surface area (Å²) in [4.78, 5) is 15.0. The van der Waals surface area contributed by atoms with Crippen molar-refractivity contribution in [3.8, 4) is 11.5 Å². The Bertz CT molecular complexity index is 685. The average molecular weight is 409 g/mol. The highest BCUT2D eigenvalue weighted by molar-refractivity contribution is 5.85. The minimum atomic E-state index is 0. The maximum absolute atomic E-state index is 12.9. The number of amides is 1. The van der Waals surface area contributed by atoms with E-state index in [1.54, 1.807) is 0 Å². The number of hydrogen-bond acceptors (Lipinski definition) is 4. The molecule has 6 heteroatoms. The molecule has 0 aromatic heterocycles. The van der Waals surface area contributed by atoms with Gasteiger partial charge in [-0.1, -0.05) is 0 Å². The van der Waals surface area contributed by atoms with E-state index in [2.05, 4.69) is 17.4 Å². The molecule has 3 aliphatic rings. The van der Waals surface area contributed by atoms with Crippen LogP contribution in [-0.2, 0) is 17.8 Å². The van der Waals surface area contributed by atoms with Crippen LogP contribution in [0.15, 0.2) is 12.1 Å². The molecule has 2 saturated heterocycles. The van der Waals surface area contributed by atoms with Gasteiger partial charge in [0.15, 0.2) is 11.5 Å². The van der Waals surface area contributed by atoms with E-state index in [1.165, 1.54) is 36.8 Å². The van der Waals surface area contributed by atoms with Gasteiger partial charge in [0.05, 0.1) is 13.2 Å². The number of hydrogen-bond donors (Lipinski definition) is 1. The lowest BCUT2D eigenvalue weighted by Crippen LogP contribution is -2.41. The minimum absolute atomic E-state index is 0. The lowest BCUT2D eigenvalue weighted by Gasteiger charge is -2.33. The number of piperidine rings is 1. The Morgan fingerprint density at radius 3 is 2.29 bits per heavy atom. The predicted octanol–water partition coefficient (Wildman–Crippen LogP) is 3.71. The van der Waals surface area contributed by atoms with Gasteiger partial charge < -0.3 is 19.7 Å². The molecule has 4 rings (SSSR count). The van der Waals surface area contributed by atoms with Gasteiger partial charge in [0.1, 0.15) is 0 Å². The molecule has 1 aromatic carbocycles. The summed E-state index contributed by atoms with van der Waals surface area (Å²) < 4.78 is 11.5. The van der Waals surface area contributed by atoms with Crippen LogP contribution < -0.4 is 14.8 Å². The topological polar surface area (TPSA) is 50.8 Å². The first kappa shape index (κ1) is 21.3. The normalized spacial score (nSPS) is 25.6. The number of ether oxygens (including phenoxy) is 2. The Kier molecular flexibility index (Phi) is 7.10. The van der Waals surface area contributed by atoms with Gasteiger partial charge in [0.2, 0.25) is 5.91 Å². The molecule has 5 nitrogen and oxygen atoms in total. The molecular weight excluding hydrogens is 376 g/mol. The first-order valence-corrected chi connectivity index (χ1v) is 10.6. The monoisotopic (exact) mass is 408 g/mol. The second kappa shape index (κ2) is 9.36. The lowest BCUT2D eigenvalue weighted by molar-refractivity contribution is -0.133. The first-order chi connectivity index (χ1) is 13.2. The molecule has 0 aliphatic carbocycles. The SMILES string of the molecule is CCOc1cc2c(cc1OCC)CN(C(=O)CC1CC3CCC(C1)N3)CC2.Cl. The average Bonchev–Trinajstić information content (AvgIpc) is 3.00. The molecule has 2 fully saturated rings. The molecule has 0 radical (unpaired) electrons. The van der Waals surface area contributed by atoms with Crippen molar-refractivity contribution in [3.05, 3.63) is 23.3 Å². The fourth-order valence-electron chi connectivity index (χ4n) is 5.03. The number of carbonyl (C=O) groups excluding carboxylic acids is 1. The van der Waals surface area contributed by atoms with Gasteiger partial charge in [0.25, 0.3) is 0 Å². The van der Waals surface area contributed by atoms with Crippen LogP contribution in [0.1, 0.15) is 57.1 Å². The van der Waals surface area contributed by atoms with Crippen LogP contribution in [0.4, 0.5) is 0 Å². The molecule has 2 bridgehead atoms. The Labute approximate surface area is 174 Å². The van der Waals surface area contributed by atoms with Crippen LogP contribution in [-0.4, -0.2) is 42.6 Å². The summed E-state index contributed by atoms with van der Waals surface area (Å²) in [5.41, 5.74) is 2.48. The summed E-state index contributed by atoms with van der Waals surface area (Å²) in [7, 11) is 0. The largest absolute Gasteiger partial charge is 0.490 e. The van der Waals surface area contributed by atoms with E-state index in [0.29, 0.717) is 50.1 Å². The maximum Gasteiger partial charge on any atom is 0.223 e. The zero-order chi connectivity index (χ0) is 18.8. The second-order valence-electron chi connectivity index (χ2n) is 8.18. The third-order valence-corrected chi connectivity index (χ3v) is 6.26. The molecule has 0 saturated carbocycles. The van der Waals surface area contributed by atoms with E-state index in [0.717, 1.165) is 24.5 Å². The molecule has 3 aliphatic heterocycles. The molecule has 3 heterocycles. The lowest BCUT2D eigenvalue weighted by atomic mass is 9.89. The van der Waals surface area contributed by atoms with E-state index < -0.39 is 0 Å². The first-order valence-electron chi connectivity index (χ1n) is 10.6. The Balaban J connectivity index is 0.00000225. The Morgan fingerprint density at radius 2 is 1.68 bits per heavy atom. The van der Waals surface area contributed by atoms with Crippen LogP contribution in [0.25, 0.3) is 0 Å². The number of carbonyl (C=O) groups is 1. The number of nitrogens with one attached hydrogen (secondary N) is 1. The van der Waals surface area contributed by atoms with Crippen molar-refractivity contribution >= 4 is 18.3 Å². The Morgan fingerprint density at radius 1 is 1.07 bits per heavy atom. The molecule has 1 amide bonds. The third kappa shape index (κ3) is 4.57.